The first-order valence-electron chi connectivity index (χ1n) is 3.96. The van der Waals surface area contributed by atoms with Crippen molar-refractivity contribution in [2.24, 2.45) is 5.14 Å². The third-order valence-electron chi connectivity index (χ3n) is 1.83. The molecule has 1 aromatic carbocycles. The van der Waals surface area contributed by atoms with Crippen LogP contribution in [-0.4, -0.2) is 27.6 Å². The lowest BCUT2D eigenvalue weighted by Crippen LogP contribution is -2.15. The SMILES string of the molecule is CN(C)c1ccc(Cl)c(S(N)(=O)=O)c1O. The first kappa shape index (κ1) is 12.1. The van der Waals surface area contributed by atoms with Gasteiger partial charge in [0.05, 0.1) is 10.7 Å². The average molecular weight is 251 g/mol. The van der Waals surface area contributed by atoms with Crippen molar-refractivity contribution < 1.29 is 13.5 Å². The fraction of sp³-hybridized carbons (Fsp3) is 0.250. The van der Waals surface area contributed by atoms with E-state index in [1.807, 2.05) is 0 Å². The van der Waals surface area contributed by atoms with Crippen LogP contribution in [0.15, 0.2) is 17.0 Å². The van der Waals surface area contributed by atoms with Crippen LogP contribution in [-0.2, 0) is 10.0 Å². The molecule has 84 valence electrons. The largest absolute Gasteiger partial charge is 0.504 e. The van der Waals surface area contributed by atoms with Crippen LogP contribution in [0.5, 0.6) is 5.75 Å². The number of phenolic OH excluding ortho intramolecular Hbond substituents is 1. The van der Waals surface area contributed by atoms with Gasteiger partial charge in [0, 0.05) is 14.1 Å². The van der Waals surface area contributed by atoms with Crippen LogP contribution in [0.4, 0.5) is 5.69 Å². The number of nitrogens with zero attached hydrogens (tertiary/aromatic N) is 1. The van der Waals surface area contributed by atoms with Crippen LogP contribution >= 0.6 is 11.6 Å². The highest BCUT2D eigenvalue weighted by Gasteiger charge is 2.21. The number of halogens is 1. The molecule has 0 fully saturated rings. The summed E-state index contributed by atoms with van der Waals surface area (Å²) in [4.78, 5) is 1.11. The maximum Gasteiger partial charge on any atom is 0.243 e. The molecule has 1 rings (SSSR count). The Bertz CT molecular complexity index is 485. The molecule has 0 aliphatic heterocycles. The topological polar surface area (TPSA) is 83.6 Å². The second kappa shape index (κ2) is 3.88. The fourth-order valence-corrected chi connectivity index (χ4v) is 2.36. The molecule has 0 radical (unpaired) electrons. The molecule has 3 N–H and O–H groups in total. The second-order valence-corrected chi connectivity index (χ2v) is 5.09. The zero-order valence-electron chi connectivity index (χ0n) is 8.23. The van der Waals surface area contributed by atoms with E-state index in [1.54, 1.807) is 19.0 Å². The highest BCUT2D eigenvalue weighted by Crippen LogP contribution is 2.37. The molecule has 0 aliphatic rings. The summed E-state index contributed by atoms with van der Waals surface area (Å²) in [5.74, 6) is -0.435. The predicted molar refractivity (Wildman–Crippen MR) is 58.8 cm³/mol. The number of hydrogen-bond donors (Lipinski definition) is 2. The summed E-state index contributed by atoms with van der Waals surface area (Å²) in [5, 5.41) is 14.5. The van der Waals surface area contributed by atoms with E-state index in [0.29, 0.717) is 5.69 Å². The van der Waals surface area contributed by atoms with E-state index in [4.69, 9.17) is 16.7 Å². The Hall–Kier alpha value is -0.980. The summed E-state index contributed by atoms with van der Waals surface area (Å²) in [6.07, 6.45) is 0. The van der Waals surface area contributed by atoms with Crippen LogP contribution in [0, 0.1) is 0 Å². The van der Waals surface area contributed by atoms with Gasteiger partial charge in [-0.25, -0.2) is 13.6 Å². The number of rotatable bonds is 2. The lowest BCUT2D eigenvalue weighted by Gasteiger charge is -2.16. The molecule has 0 saturated carbocycles. The van der Waals surface area contributed by atoms with Gasteiger partial charge in [-0.2, -0.15) is 0 Å². The Labute approximate surface area is 93.1 Å². The van der Waals surface area contributed by atoms with Gasteiger partial charge >= 0.3 is 0 Å². The molecular weight excluding hydrogens is 240 g/mol. The van der Waals surface area contributed by atoms with Gasteiger partial charge in [0.2, 0.25) is 10.0 Å². The molecule has 0 bridgehead atoms. The van der Waals surface area contributed by atoms with Gasteiger partial charge in [0.25, 0.3) is 0 Å². The summed E-state index contributed by atoms with van der Waals surface area (Å²) in [6.45, 7) is 0. The van der Waals surface area contributed by atoms with Crippen molar-refractivity contribution in [1.29, 1.82) is 0 Å². The molecule has 0 amide bonds. The number of benzene rings is 1. The van der Waals surface area contributed by atoms with E-state index >= 15 is 0 Å². The molecule has 0 spiro atoms. The third-order valence-corrected chi connectivity index (χ3v) is 3.24. The first-order valence-corrected chi connectivity index (χ1v) is 5.89. The van der Waals surface area contributed by atoms with E-state index in [-0.39, 0.29) is 5.02 Å². The zero-order chi connectivity index (χ0) is 11.8. The maximum atomic E-state index is 11.2. The predicted octanol–water partition coefficient (Wildman–Crippen LogP) is 0.759. The monoisotopic (exact) mass is 250 g/mol. The van der Waals surface area contributed by atoms with Crippen LogP contribution in [0.1, 0.15) is 0 Å². The molecule has 5 nitrogen and oxygen atoms in total. The lowest BCUT2D eigenvalue weighted by molar-refractivity contribution is 0.459. The smallest absolute Gasteiger partial charge is 0.243 e. The Kier molecular flexibility index (Phi) is 3.13. The molecule has 0 heterocycles. The number of anilines is 1. The standard InChI is InChI=1S/C8H11ClN2O3S/c1-11(2)6-4-3-5(9)8(7(6)12)15(10,13)14/h3-4,12H,1-2H3,(H2,10,13,14). The highest BCUT2D eigenvalue weighted by molar-refractivity contribution is 7.89. The van der Waals surface area contributed by atoms with E-state index in [2.05, 4.69) is 0 Å². The van der Waals surface area contributed by atoms with E-state index in [1.165, 1.54) is 12.1 Å². The van der Waals surface area contributed by atoms with Crippen molar-refractivity contribution in [3.8, 4) is 5.75 Å². The lowest BCUT2D eigenvalue weighted by atomic mass is 10.3. The number of hydrogen-bond acceptors (Lipinski definition) is 4. The number of aromatic hydroxyl groups is 1. The van der Waals surface area contributed by atoms with Gasteiger partial charge < -0.3 is 10.0 Å². The zero-order valence-corrected chi connectivity index (χ0v) is 9.80. The minimum atomic E-state index is -4.03. The molecule has 0 aromatic heterocycles. The minimum absolute atomic E-state index is 0.0967. The molecule has 7 heteroatoms. The van der Waals surface area contributed by atoms with Gasteiger partial charge in [0.1, 0.15) is 4.90 Å². The summed E-state index contributed by atoms with van der Waals surface area (Å²) >= 11 is 5.65. The molecule has 0 saturated heterocycles. The molecule has 0 atom stereocenters. The summed E-state index contributed by atoms with van der Waals surface area (Å²) in [5.41, 5.74) is 0.337. The maximum absolute atomic E-state index is 11.2. The van der Waals surface area contributed by atoms with E-state index in [0.717, 1.165) is 0 Å². The number of sulfonamides is 1. The number of nitrogens with two attached hydrogens (primary N) is 1. The van der Waals surface area contributed by atoms with E-state index < -0.39 is 20.7 Å². The van der Waals surface area contributed by atoms with Crippen LogP contribution in [0.25, 0.3) is 0 Å². The van der Waals surface area contributed by atoms with Crippen molar-refractivity contribution in [3.05, 3.63) is 17.2 Å². The van der Waals surface area contributed by atoms with Crippen LogP contribution in [0.2, 0.25) is 5.02 Å². The van der Waals surface area contributed by atoms with Crippen molar-refractivity contribution in [1.82, 2.24) is 0 Å². The van der Waals surface area contributed by atoms with Crippen LogP contribution in [0.3, 0.4) is 0 Å². The van der Waals surface area contributed by atoms with Gasteiger partial charge in [-0.3, -0.25) is 0 Å². The Balaban J connectivity index is 3.59. The van der Waals surface area contributed by atoms with Crippen molar-refractivity contribution in [2.75, 3.05) is 19.0 Å². The van der Waals surface area contributed by atoms with Gasteiger partial charge in [-0.05, 0) is 12.1 Å². The first-order chi connectivity index (χ1) is 6.75. The average Bonchev–Trinajstić information content (AvgIpc) is 2.00. The Morgan fingerprint density at radius 1 is 1.40 bits per heavy atom. The summed E-state index contributed by atoms with van der Waals surface area (Å²) in [7, 11) is -0.704. The van der Waals surface area contributed by atoms with Gasteiger partial charge in [0.15, 0.2) is 5.75 Å². The van der Waals surface area contributed by atoms with Crippen molar-refractivity contribution in [3.63, 3.8) is 0 Å². The summed E-state index contributed by atoms with van der Waals surface area (Å²) in [6, 6.07) is 2.88. The van der Waals surface area contributed by atoms with E-state index in [9.17, 15) is 13.5 Å². The second-order valence-electron chi connectivity index (χ2n) is 3.18. The molecular formula is C8H11ClN2O3S. The van der Waals surface area contributed by atoms with Crippen LogP contribution < -0.4 is 10.0 Å². The third kappa shape index (κ3) is 2.34. The number of primary sulfonamides is 1. The Morgan fingerprint density at radius 2 is 1.93 bits per heavy atom. The summed E-state index contributed by atoms with van der Waals surface area (Å²) < 4.78 is 22.3. The molecule has 0 aliphatic carbocycles. The van der Waals surface area contributed by atoms with Crippen molar-refractivity contribution >= 4 is 27.3 Å². The Morgan fingerprint density at radius 3 is 2.33 bits per heavy atom. The minimum Gasteiger partial charge on any atom is -0.504 e. The molecule has 0 unspecified atom stereocenters. The van der Waals surface area contributed by atoms with Crippen molar-refractivity contribution in [2.45, 2.75) is 4.90 Å². The quantitative estimate of drug-likeness (QED) is 0.812. The molecule has 1 aromatic rings. The van der Waals surface area contributed by atoms with Gasteiger partial charge in [-0.15, -0.1) is 0 Å². The molecule has 15 heavy (non-hydrogen) atoms. The fourth-order valence-electron chi connectivity index (χ4n) is 1.17. The highest BCUT2D eigenvalue weighted by atomic mass is 35.5. The number of phenols is 1. The normalized spacial score (nSPS) is 11.5. The van der Waals surface area contributed by atoms with Gasteiger partial charge in [-0.1, -0.05) is 11.6 Å².